The lowest BCUT2D eigenvalue weighted by Gasteiger charge is -2.15. The lowest BCUT2D eigenvalue weighted by molar-refractivity contribution is 0.243. The Morgan fingerprint density at radius 2 is 2.25 bits per heavy atom. The summed E-state index contributed by atoms with van der Waals surface area (Å²) >= 11 is 6.04. The summed E-state index contributed by atoms with van der Waals surface area (Å²) in [6.07, 6.45) is 0.654. The summed E-state index contributed by atoms with van der Waals surface area (Å²) < 4.78 is 5.43. The largest absolute Gasteiger partial charge is 0.490 e. The van der Waals surface area contributed by atoms with Crippen molar-refractivity contribution in [2.45, 2.75) is 20.3 Å². The number of ether oxygens (including phenoxy) is 1. The lowest BCUT2D eigenvalue weighted by Crippen LogP contribution is -2.32. The van der Waals surface area contributed by atoms with Gasteiger partial charge in [0.1, 0.15) is 0 Å². The standard InChI is InChI=1S/C14H21ClN2O3/c1-3-20-13-11(15)5-4-6-12(13)17-14(19)16-9-10(2)7-8-18/h4-6,10,18H,3,7-9H2,1-2H3,(H2,16,17,19). The maximum absolute atomic E-state index is 11.8. The van der Waals surface area contributed by atoms with E-state index in [9.17, 15) is 4.79 Å². The molecule has 0 saturated heterocycles. The van der Waals surface area contributed by atoms with Gasteiger partial charge in [0.2, 0.25) is 0 Å². The Morgan fingerprint density at radius 3 is 2.90 bits per heavy atom. The quantitative estimate of drug-likeness (QED) is 0.725. The van der Waals surface area contributed by atoms with Gasteiger partial charge in [-0.1, -0.05) is 24.6 Å². The van der Waals surface area contributed by atoms with Gasteiger partial charge in [-0.05, 0) is 31.4 Å². The summed E-state index contributed by atoms with van der Waals surface area (Å²) in [5, 5.41) is 14.7. The first kappa shape index (κ1) is 16.6. The molecule has 0 spiro atoms. The number of hydrogen-bond acceptors (Lipinski definition) is 3. The average molecular weight is 301 g/mol. The molecule has 0 aliphatic carbocycles. The van der Waals surface area contributed by atoms with Gasteiger partial charge in [0.05, 0.1) is 17.3 Å². The first-order valence-corrected chi connectivity index (χ1v) is 7.03. The third-order valence-electron chi connectivity index (χ3n) is 2.74. The third-order valence-corrected chi connectivity index (χ3v) is 3.03. The highest BCUT2D eigenvalue weighted by atomic mass is 35.5. The van der Waals surface area contributed by atoms with Gasteiger partial charge in [-0.25, -0.2) is 4.79 Å². The summed E-state index contributed by atoms with van der Waals surface area (Å²) in [6.45, 7) is 4.89. The topological polar surface area (TPSA) is 70.6 Å². The molecule has 20 heavy (non-hydrogen) atoms. The van der Waals surface area contributed by atoms with E-state index in [2.05, 4.69) is 10.6 Å². The van der Waals surface area contributed by atoms with Crippen LogP contribution in [0.4, 0.5) is 10.5 Å². The first-order chi connectivity index (χ1) is 9.58. The van der Waals surface area contributed by atoms with Crippen molar-refractivity contribution in [3.63, 3.8) is 0 Å². The van der Waals surface area contributed by atoms with Gasteiger partial charge in [-0.3, -0.25) is 0 Å². The fourth-order valence-electron chi connectivity index (χ4n) is 1.65. The van der Waals surface area contributed by atoms with Crippen LogP contribution in [0.15, 0.2) is 18.2 Å². The van der Waals surface area contributed by atoms with Crippen molar-refractivity contribution in [3.05, 3.63) is 23.2 Å². The number of carbonyl (C=O) groups excluding carboxylic acids is 1. The van der Waals surface area contributed by atoms with Crippen molar-refractivity contribution in [1.29, 1.82) is 0 Å². The fraction of sp³-hybridized carbons (Fsp3) is 0.500. The Kier molecular flexibility index (Phi) is 7.18. The molecule has 1 aromatic carbocycles. The molecular weight excluding hydrogens is 280 g/mol. The number of anilines is 1. The van der Waals surface area contributed by atoms with Crippen LogP contribution in [0.1, 0.15) is 20.3 Å². The van der Waals surface area contributed by atoms with Gasteiger partial charge in [-0.15, -0.1) is 0 Å². The molecule has 0 heterocycles. The Hall–Kier alpha value is -1.46. The highest BCUT2D eigenvalue weighted by molar-refractivity contribution is 6.32. The molecule has 1 unspecified atom stereocenters. The molecule has 1 aromatic rings. The fourth-order valence-corrected chi connectivity index (χ4v) is 1.88. The second-order valence-corrected chi connectivity index (χ2v) is 4.91. The van der Waals surface area contributed by atoms with Crippen LogP contribution in [0, 0.1) is 5.92 Å². The van der Waals surface area contributed by atoms with Crippen LogP contribution >= 0.6 is 11.6 Å². The van der Waals surface area contributed by atoms with Crippen LogP contribution in [-0.2, 0) is 0 Å². The van der Waals surface area contributed by atoms with Gasteiger partial charge in [0, 0.05) is 13.2 Å². The van der Waals surface area contributed by atoms with E-state index < -0.39 is 0 Å². The maximum atomic E-state index is 11.8. The highest BCUT2D eigenvalue weighted by Crippen LogP contribution is 2.32. The zero-order valence-corrected chi connectivity index (χ0v) is 12.5. The van der Waals surface area contributed by atoms with Gasteiger partial charge in [0.15, 0.2) is 5.75 Å². The summed E-state index contributed by atoms with van der Waals surface area (Å²) in [5.41, 5.74) is 0.534. The molecule has 112 valence electrons. The van der Waals surface area contributed by atoms with Crippen LogP contribution < -0.4 is 15.4 Å². The molecule has 5 nitrogen and oxygen atoms in total. The predicted octanol–water partition coefficient (Wildman–Crippen LogP) is 2.88. The number of nitrogens with one attached hydrogen (secondary N) is 2. The molecular formula is C14H21ClN2O3. The van der Waals surface area contributed by atoms with E-state index in [1.54, 1.807) is 18.2 Å². The highest BCUT2D eigenvalue weighted by Gasteiger charge is 2.11. The molecule has 1 rings (SSSR count). The van der Waals surface area contributed by atoms with Crippen LogP contribution in [0.3, 0.4) is 0 Å². The number of carbonyl (C=O) groups is 1. The zero-order chi connectivity index (χ0) is 15.0. The van der Waals surface area contributed by atoms with Crippen LogP contribution in [0.25, 0.3) is 0 Å². The summed E-state index contributed by atoms with van der Waals surface area (Å²) in [7, 11) is 0. The van der Waals surface area contributed by atoms with E-state index in [1.807, 2.05) is 13.8 Å². The van der Waals surface area contributed by atoms with E-state index in [0.29, 0.717) is 36.0 Å². The second kappa shape index (κ2) is 8.66. The van der Waals surface area contributed by atoms with Crippen molar-refractivity contribution in [2.24, 2.45) is 5.92 Å². The summed E-state index contributed by atoms with van der Waals surface area (Å²) in [5.74, 6) is 0.687. The van der Waals surface area contributed by atoms with Crippen molar-refractivity contribution >= 4 is 23.3 Å². The molecule has 2 amide bonds. The van der Waals surface area contributed by atoms with E-state index in [0.717, 1.165) is 0 Å². The summed E-state index contributed by atoms with van der Waals surface area (Å²) in [6, 6.07) is 4.86. The Labute approximate surface area is 124 Å². The first-order valence-electron chi connectivity index (χ1n) is 6.65. The average Bonchev–Trinajstić information content (AvgIpc) is 2.41. The van der Waals surface area contributed by atoms with E-state index in [-0.39, 0.29) is 18.6 Å². The van der Waals surface area contributed by atoms with Gasteiger partial charge >= 0.3 is 6.03 Å². The van der Waals surface area contributed by atoms with Crippen LogP contribution in [0.5, 0.6) is 5.75 Å². The van der Waals surface area contributed by atoms with E-state index >= 15 is 0 Å². The van der Waals surface area contributed by atoms with Crippen LogP contribution in [0.2, 0.25) is 5.02 Å². The normalized spacial score (nSPS) is 11.8. The summed E-state index contributed by atoms with van der Waals surface area (Å²) in [4.78, 5) is 11.8. The minimum absolute atomic E-state index is 0.118. The molecule has 0 aliphatic rings. The number of amides is 2. The number of aliphatic hydroxyl groups is 1. The molecule has 0 aliphatic heterocycles. The number of benzene rings is 1. The van der Waals surface area contributed by atoms with Gasteiger partial charge in [0.25, 0.3) is 0 Å². The SMILES string of the molecule is CCOc1c(Cl)cccc1NC(=O)NCC(C)CCO. The maximum Gasteiger partial charge on any atom is 0.319 e. The van der Waals surface area contributed by atoms with Crippen molar-refractivity contribution in [2.75, 3.05) is 25.1 Å². The van der Waals surface area contributed by atoms with Crippen molar-refractivity contribution < 1.29 is 14.6 Å². The second-order valence-electron chi connectivity index (χ2n) is 4.50. The smallest absolute Gasteiger partial charge is 0.319 e. The molecule has 0 bridgehead atoms. The van der Waals surface area contributed by atoms with Gasteiger partial charge < -0.3 is 20.5 Å². The molecule has 0 aromatic heterocycles. The molecule has 0 saturated carbocycles. The Balaban J connectivity index is 2.59. The number of halogens is 1. The van der Waals surface area contributed by atoms with Crippen molar-refractivity contribution in [3.8, 4) is 5.75 Å². The van der Waals surface area contributed by atoms with Crippen molar-refractivity contribution in [1.82, 2.24) is 5.32 Å². The predicted molar refractivity (Wildman–Crippen MR) is 80.5 cm³/mol. The number of hydrogen-bond donors (Lipinski definition) is 3. The minimum atomic E-state index is -0.321. The monoisotopic (exact) mass is 300 g/mol. The molecule has 6 heteroatoms. The molecule has 0 fully saturated rings. The number of rotatable bonds is 7. The molecule has 0 radical (unpaired) electrons. The van der Waals surface area contributed by atoms with E-state index in [1.165, 1.54) is 0 Å². The molecule has 1 atom stereocenters. The molecule has 3 N–H and O–H groups in total. The third kappa shape index (κ3) is 5.27. The number of urea groups is 1. The van der Waals surface area contributed by atoms with E-state index in [4.69, 9.17) is 21.4 Å². The Morgan fingerprint density at radius 1 is 1.50 bits per heavy atom. The van der Waals surface area contributed by atoms with Crippen LogP contribution in [-0.4, -0.2) is 30.9 Å². The minimum Gasteiger partial charge on any atom is -0.490 e. The Bertz CT molecular complexity index is 440. The number of para-hydroxylation sites is 1. The zero-order valence-electron chi connectivity index (χ0n) is 11.8. The lowest BCUT2D eigenvalue weighted by atomic mass is 10.1. The number of aliphatic hydroxyl groups excluding tert-OH is 1. The van der Waals surface area contributed by atoms with Gasteiger partial charge in [-0.2, -0.15) is 0 Å².